The first-order valence-electron chi connectivity index (χ1n) is 5.91. The van der Waals surface area contributed by atoms with Crippen LogP contribution in [0, 0.1) is 0 Å². The summed E-state index contributed by atoms with van der Waals surface area (Å²) in [4.78, 5) is 11.7. The smallest absolute Gasteiger partial charge is 0.319 e. The molecule has 2 atom stereocenters. The van der Waals surface area contributed by atoms with Crippen molar-refractivity contribution in [3.63, 3.8) is 0 Å². The molecule has 18 heavy (non-hydrogen) atoms. The van der Waals surface area contributed by atoms with Gasteiger partial charge in [0.2, 0.25) is 0 Å². The quantitative estimate of drug-likeness (QED) is 0.750. The van der Waals surface area contributed by atoms with Gasteiger partial charge in [0.25, 0.3) is 0 Å². The second-order valence-electron chi connectivity index (χ2n) is 4.28. The fourth-order valence-corrected chi connectivity index (χ4v) is 1.70. The molecule has 0 bridgehead atoms. The fourth-order valence-electron chi connectivity index (χ4n) is 1.70. The number of rotatable bonds is 5. The minimum absolute atomic E-state index is 0.0975. The molecule has 0 heterocycles. The standard InChI is InChI=1S/C13H20N2O3/c1-9(8-10(2)16)14-13(17)15-11-6-4-5-7-12(11)18-3/h4-7,9-10,16H,8H2,1-3H3,(H2,14,15,17). The number of ether oxygens (including phenoxy) is 1. The van der Waals surface area contributed by atoms with Crippen molar-refractivity contribution in [2.45, 2.75) is 32.4 Å². The fraction of sp³-hybridized carbons (Fsp3) is 0.462. The Balaban J connectivity index is 2.54. The maximum Gasteiger partial charge on any atom is 0.319 e. The van der Waals surface area contributed by atoms with Gasteiger partial charge in [-0.05, 0) is 32.4 Å². The van der Waals surface area contributed by atoms with E-state index in [0.717, 1.165) is 0 Å². The number of carbonyl (C=O) groups is 1. The highest BCUT2D eigenvalue weighted by molar-refractivity contribution is 5.91. The highest BCUT2D eigenvalue weighted by atomic mass is 16.5. The van der Waals surface area contributed by atoms with Gasteiger partial charge in [0.15, 0.2) is 0 Å². The summed E-state index contributed by atoms with van der Waals surface area (Å²) in [7, 11) is 1.55. The predicted octanol–water partition coefficient (Wildman–Crippen LogP) is 1.98. The molecule has 0 saturated heterocycles. The lowest BCUT2D eigenvalue weighted by Gasteiger charge is -2.16. The van der Waals surface area contributed by atoms with E-state index in [1.54, 1.807) is 26.2 Å². The first-order valence-corrected chi connectivity index (χ1v) is 5.91. The number of para-hydroxylation sites is 2. The summed E-state index contributed by atoms with van der Waals surface area (Å²) in [6, 6.07) is 6.77. The van der Waals surface area contributed by atoms with Crippen LogP contribution < -0.4 is 15.4 Å². The molecule has 0 radical (unpaired) electrons. The number of amides is 2. The van der Waals surface area contributed by atoms with Gasteiger partial charge in [0.05, 0.1) is 18.9 Å². The third-order valence-corrected chi connectivity index (χ3v) is 2.43. The Labute approximate surface area is 107 Å². The zero-order chi connectivity index (χ0) is 13.5. The van der Waals surface area contributed by atoms with Crippen molar-refractivity contribution < 1.29 is 14.6 Å². The molecule has 0 spiro atoms. The number of hydrogen-bond acceptors (Lipinski definition) is 3. The molecular weight excluding hydrogens is 232 g/mol. The third-order valence-electron chi connectivity index (χ3n) is 2.43. The monoisotopic (exact) mass is 252 g/mol. The zero-order valence-corrected chi connectivity index (χ0v) is 10.9. The molecule has 2 unspecified atom stereocenters. The van der Waals surface area contributed by atoms with Gasteiger partial charge in [-0.3, -0.25) is 0 Å². The average molecular weight is 252 g/mol. The van der Waals surface area contributed by atoms with Crippen LogP contribution in [-0.2, 0) is 0 Å². The summed E-state index contributed by atoms with van der Waals surface area (Å²) < 4.78 is 5.13. The maximum atomic E-state index is 11.7. The third kappa shape index (κ3) is 4.63. The summed E-state index contributed by atoms with van der Waals surface area (Å²) in [6.45, 7) is 3.53. The van der Waals surface area contributed by atoms with Crippen LogP contribution in [0.2, 0.25) is 0 Å². The number of anilines is 1. The first-order chi connectivity index (χ1) is 8.52. The molecular formula is C13H20N2O3. The van der Waals surface area contributed by atoms with Crippen LogP contribution in [0.25, 0.3) is 0 Å². The summed E-state index contributed by atoms with van der Waals surface area (Å²) in [6.07, 6.45) is 0.0749. The van der Waals surface area contributed by atoms with E-state index in [2.05, 4.69) is 10.6 Å². The van der Waals surface area contributed by atoms with E-state index in [0.29, 0.717) is 17.9 Å². The van der Waals surface area contributed by atoms with E-state index in [9.17, 15) is 9.90 Å². The highest BCUT2D eigenvalue weighted by Gasteiger charge is 2.11. The molecule has 3 N–H and O–H groups in total. The minimum Gasteiger partial charge on any atom is -0.495 e. The van der Waals surface area contributed by atoms with E-state index >= 15 is 0 Å². The Hall–Kier alpha value is -1.75. The van der Waals surface area contributed by atoms with E-state index in [1.807, 2.05) is 19.1 Å². The lowest BCUT2D eigenvalue weighted by atomic mass is 10.2. The van der Waals surface area contributed by atoms with Crippen LogP contribution in [0.1, 0.15) is 20.3 Å². The number of aliphatic hydroxyl groups is 1. The number of benzene rings is 1. The molecule has 0 fully saturated rings. The maximum absolute atomic E-state index is 11.7. The zero-order valence-electron chi connectivity index (χ0n) is 10.9. The summed E-state index contributed by atoms with van der Waals surface area (Å²) >= 11 is 0. The van der Waals surface area contributed by atoms with E-state index in [4.69, 9.17) is 4.74 Å². The van der Waals surface area contributed by atoms with Crippen LogP contribution in [0.5, 0.6) is 5.75 Å². The van der Waals surface area contributed by atoms with Gasteiger partial charge < -0.3 is 20.5 Å². The molecule has 100 valence electrons. The predicted molar refractivity (Wildman–Crippen MR) is 70.9 cm³/mol. The van der Waals surface area contributed by atoms with Gasteiger partial charge in [-0.25, -0.2) is 4.79 Å². The number of nitrogens with one attached hydrogen (secondary N) is 2. The van der Waals surface area contributed by atoms with Gasteiger partial charge in [-0.15, -0.1) is 0 Å². The van der Waals surface area contributed by atoms with Gasteiger partial charge in [-0.2, -0.15) is 0 Å². The van der Waals surface area contributed by atoms with Gasteiger partial charge >= 0.3 is 6.03 Å². The Morgan fingerprint density at radius 2 is 2.06 bits per heavy atom. The topological polar surface area (TPSA) is 70.6 Å². The van der Waals surface area contributed by atoms with Gasteiger partial charge in [-0.1, -0.05) is 12.1 Å². The largest absolute Gasteiger partial charge is 0.495 e. The van der Waals surface area contributed by atoms with Crippen LogP contribution in [0.15, 0.2) is 24.3 Å². The van der Waals surface area contributed by atoms with Crippen molar-refractivity contribution in [2.24, 2.45) is 0 Å². The van der Waals surface area contributed by atoms with Crippen molar-refractivity contribution in [3.8, 4) is 5.75 Å². The lowest BCUT2D eigenvalue weighted by Crippen LogP contribution is -2.37. The minimum atomic E-state index is -0.438. The van der Waals surface area contributed by atoms with Crippen molar-refractivity contribution in [1.29, 1.82) is 0 Å². The molecule has 5 nitrogen and oxygen atoms in total. The van der Waals surface area contributed by atoms with Crippen LogP contribution in [-0.4, -0.2) is 30.4 Å². The molecule has 0 saturated carbocycles. The van der Waals surface area contributed by atoms with Crippen LogP contribution in [0.3, 0.4) is 0 Å². The van der Waals surface area contributed by atoms with Gasteiger partial charge in [0, 0.05) is 6.04 Å². The Kier molecular flexibility index (Phi) is 5.45. The van der Waals surface area contributed by atoms with Crippen molar-refractivity contribution >= 4 is 11.7 Å². The Bertz CT molecular complexity index is 394. The number of hydrogen-bond donors (Lipinski definition) is 3. The molecule has 0 aliphatic rings. The molecule has 2 amide bonds. The molecule has 0 aliphatic carbocycles. The highest BCUT2D eigenvalue weighted by Crippen LogP contribution is 2.22. The summed E-state index contributed by atoms with van der Waals surface area (Å²) in [5.41, 5.74) is 0.613. The van der Waals surface area contributed by atoms with Crippen molar-refractivity contribution in [3.05, 3.63) is 24.3 Å². The second-order valence-corrected chi connectivity index (χ2v) is 4.28. The number of carbonyl (C=O) groups excluding carboxylic acids is 1. The number of urea groups is 1. The summed E-state index contributed by atoms with van der Waals surface area (Å²) in [5, 5.41) is 14.7. The Morgan fingerprint density at radius 1 is 1.39 bits per heavy atom. The van der Waals surface area contributed by atoms with E-state index < -0.39 is 6.10 Å². The SMILES string of the molecule is COc1ccccc1NC(=O)NC(C)CC(C)O. The first kappa shape index (κ1) is 14.3. The molecule has 1 rings (SSSR count). The summed E-state index contributed by atoms with van der Waals surface area (Å²) in [5.74, 6) is 0.607. The number of aliphatic hydroxyl groups excluding tert-OH is 1. The Morgan fingerprint density at radius 3 is 2.67 bits per heavy atom. The van der Waals surface area contributed by atoms with Crippen molar-refractivity contribution in [2.75, 3.05) is 12.4 Å². The molecule has 1 aromatic rings. The van der Waals surface area contributed by atoms with E-state index in [-0.39, 0.29) is 12.1 Å². The van der Waals surface area contributed by atoms with Crippen molar-refractivity contribution in [1.82, 2.24) is 5.32 Å². The van der Waals surface area contributed by atoms with E-state index in [1.165, 1.54) is 0 Å². The van der Waals surface area contributed by atoms with Gasteiger partial charge in [0.1, 0.15) is 5.75 Å². The lowest BCUT2D eigenvalue weighted by molar-refractivity contribution is 0.171. The molecule has 0 aliphatic heterocycles. The van der Waals surface area contributed by atoms with Crippen LogP contribution in [0.4, 0.5) is 10.5 Å². The normalized spacial score (nSPS) is 13.6. The molecule has 0 aromatic heterocycles. The molecule has 1 aromatic carbocycles. The second kappa shape index (κ2) is 6.86. The van der Waals surface area contributed by atoms with Crippen LogP contribution >= 0.6 is 0 Å². The molecule has 5 heteroatoms. The average Bonchev–Trinajstić information content (AvgIpc) is 2.28. The number of methoxy groups -OCH3 is 1.